The van der Waals surface area contributed by atoms with Crippen molar-refractivity contribution in [3.05, 3.63) is 35.9 Å². The number of likely N-dealkylation sites (tertiary alicyclic amines) is 2. The van der Waals surface area contributed by atoms with Crippen LogP contribution in [0.25, 0.3) is 0 Å². The van der Waals surface area contributed by atoms with Crippen molar-refractivity contribution >= 4 is 5.91 Å². The summed E-state index contributed by atoms with van der Waals surface area (Å²) in [6, 6.07) is 11.1. The molecule has 4 fully saturated rings. The van der Waals surface area contributed by atoms with Gasteiger partial charge in [0.15, 0.2) is 0 Å². The highest BCUT2D eigenvalue weighted by Crippen LogP contribution is 2.48. The predicted molar refractivity (Wildman–Crippen MR) is 99.4 cm³/mol. The Labute approximate surface area is 151 Å². The minimum Gasteiger partial charge on any atom is -0.339 e. The summed E-state index contributed by atoms with van der Waals surface area (Å²) >= 11 is 0. The predicted octanol–water partition coefficient (Wildman–Crippen LogP) is 3.66. The second kappa shape index (κ2) is 6.12. The minimum absolute atomic E-state index is 0.0885. The molecule has 2 heterocycles. The van der Waals surface area contributed by atoms with Crippen LogP contribution in [0.3, 0.4) is 0 Å². The first-order chi connectivity index (χ1) is 12.2. The van der Waals surface area contributed by atoms with E-state index in [1.165, 1.54) is 63.7 Å². The van der Waals surface area contributed by atoms with Crippen LogP contribution in [-0.2, 0) is 4.79 Å². The zero-order valence-electron chi connectivity index (χ0n) is 15.2. The first-order valence-electron chi connectivity index (χ1n) is 10.3. The Balaban J connectivity index is 1.35. The van der Waals surface area contributed by atoms with E-state index < -0.39 is 0 Å². The first kappa shape index (κ1) is 15.9. The van der Waals surface area contributed by atoms with E-state index in [1.807, 2.05) is 0 Å². The van der Waals surface area contributed by atoms with Gasteiger partial charge in [-0.3, -0.25) is 4.79 Å². The van der Waals surface area contributed by atoms with Crippen LogP contribution in [0.1, 0.15) is 56.4 Å². The quantitative estimate of drug-likeness (QED) is 0.836. The SMILES string of the molecule is O=C1[C@H](c2ccccc2)CC2(CCN(CC3CC3)CC2)CN1C1CC1. The summed E-state index contributed by atoms with van der Waals surface area (Å²) in [6.07, 6.45) is 8.95. The molecule has 2 aliphatic carbocycles. The van der Waals surface area contributed by atoms with Crippen LogP contribution < -0.4 is 0 Å². The van der Waals surface area contributed by atoms with Crippen LogP contribution in [-0.4, -0.2) is 47.9 Å². The van der Waals surface area contributed by atoms with Gasteiger partial charge < -0.3 is 9.80 Å². The lowest BCUT2D eigenvalue weighted by molar-refractivity contribution is -0.142. The van der Waals surface area contributed by atoms with Crippen molar-refractivity contribution in [2.45, 2.75) is 56.9 Å². The van der Waals surface area contributed by atoms with E-state index in [2.05, 4.69) is 40.1 Å². The maximum absolute atomic E-state index is 13.2. The molecule has 2 saturated heterocycles. The number of carbonyl (C=O) groups is 1. The fraction of sp³-hybridized carbons (Fsp3) is 0.682. The lowest BCUT2D eigenvalue weighted by Gasteiger charge is -2.50. The maximum atomic E-state index is 13.2. The summed E-state index contributed by atoms with van der Waals surface area (Å²) in [5, 5.41) is 0. The number of hydrogen-bond acceptors (Lipinski definition) is 2. The molecule has 3 heteroatoms. The second-order valence-corrected chi connectivity index (χ2v) is 9.11. The largest absolute Gasteiger partial charge is 0.339 e. The summed E-state index contributed by atoms with van der Waals surface area (Å²) in [5.74, 6) is 1.48. The van der Waals surface area contributed by atoms with Gasteiger partial charge in [0.2, 0.25) is 5.91 Å². The first-order valence-corrected chi connectivity index (χ1v) is 10.3. The van der Waals surface area contributed by atoms with E-state index in [0.29, 0.717) is 17.4 Å². The Bertz CT molecular complexity index is 627. The Morgan fingerprint density at radius 2 is 1.72 bits per heavy atom. The molecule has 0 radical (unpaired) electrons. The molecule has 0 aromatic heterocycles. The van der Waals surface area contributed by atoms with Crippen molar-refractivity contribution in [2.24, 2.45) is 11.3 Å². The summed E-state index contributed by atoms with van der Waals surface area (Å²) in [6.45, 7) is 4.83. The highest BCUT2D eigenvalue weighted by atomic mass is 16.2. The van der Waals surface area contributed by atoms with E-state index in [0.717, 1.165) is 18.9 Å². The number of carbonyl (C=O) groups excluding carboxylic acids is 1. The summed E-state index contributed by atoms with van der Waals surface area (Å²) in [4.78, 5) is 18.1. The molecule has 4 aliphatic rings. The number of hydrogen-bond donors (Lipinski definition) is 0. The number of rotatable bonds is 4. The van der Waals surface area contributed by atoms with Crippen LogP contribution in [0.15, 0.2) is 30.3 Å². The third-order valence-corrected chi connectivity index (χ3v) is 7.04. The molecule has 2 aliphatic heterocycles. The Hall–Kier alpha value is -1.35. The molecule has 1 aromatic carbocycles. The second-order valence-electron chi connectivity index (χ2n) is 9.11. The fourth-order valence-electron chi connectivity index (χ4n) is 5.10. The van der Waals surface area contributed by atoms with E-state index >= 15 is 0 Å². The van der Waals surface area contributed by atoms with Crippen molar-refractivity contribution < 1.29 is 4.79 Å². The van der Waals surface area contributed by atoms with Gasteiger partial charge in [-0.05, 0) is 74.9 Å². The van der Waals surface area contributed by atoms with Crippen LogP contribution in [0.2, 0.25) is 0 Å². The number of nitrogens with zero attached hydrogens (tertiary/aromatic N) is 2. The lowest BCUT2D eigenvalue weighted by Crippen LogP contribution is -2.54. The molecule has 0 bridgehead atoms. The van der Waals surface area contributed by atoms with E-state index in [9.17, 15) is 4.79 Å². The van der Waals surface area contributed by atoms with Crippen LogP contribution >= 0.6 is 0 Å². The zero-order chi connectivity index (χ0) is 16.9. The van der Waals surface area contributed by atoms with Gasteiger partial charge in [-0.25, -0.2) is 0 Å². The highest BCUT2D eigenvalue weighted by Gasteiger charge is 2.49. The van der Waals surface area contributed by atoms with Crippen molar-refractivity contribution in [1.29, 1.82) is 0 Å². The molecule has 1 atom stereocenters. The molecule has 1 amide bonds. The lowest BCUT2D eigenvalue weighted by atomic mass is 9.67. The third-order valence-electron chi connectivity index (χ3n) is 7.04. The Morgan fingerprint density at radius 3 is 2.36 bits per heavy atom. The molecule has 25 heavy (non-hydrogen) atoms. The standard InChI is InChI=1S/C22H30N2O/c25-21-20(18-4-2-1-3-5-18)14-22(16-24(21)19-8-9-19)10-12-23(13-11-22)15-17-6-7-17/h1-5,17,19-20H,6-16H2/t20-/m0/s1. The third kappa shape index (κ3) is 3.23. The van der Waals surface area contributed by atoms with Gasteiger partial charge >= 0.3 is 0 Å². The molecule has 0 unspecified atom stereocenters. The van der Waals surface area contributed by atoms with E-state index in [1.54, 1.807) is 0 Å². The molecular weight excluding hydrogens is 308 g/mol. The van der Waals surface area contributed by atoms with Crippen LogP contribution in [0.4, 0.5) is 0 Å². The van der Waals surface area contributed by atoms with Crippen molar-refractivity contribution in [1.82, 2.24) is 9.80 Å². The minimum atomic E-state index is 0.0885. The van der Waals surface area contributed by atoms with Gasteiger partial charge in [0, 0.05) is 19.1 Å². The highest BCUT2D eigenvalue weighted by molar-refractivity contribution is 5.85. The normalized spacial score (nSPS) is 30.0. The molecule has 0 N–H and O–H groups in total. The van der Waals surface area contributed by atoms with Crippen molar-refractivity contribution in [2.75, 3.05) is 26.2 Å². The molecule has 5 rings (SSSR count). The maximum Gasteiger partial charge on any atom is 0.230 e. The van der Waals surface area contributed by atoms with Crippen molar-refractivity contribution in [3.63, 3.8) is 0 Å². The molecular formula is C22H30N2O. The average molecular weight is 338 g/mol. The summed E-state index contributed by atoms with van der Waals surface area (Å²) < 4.78 is 0. The van der Waals surface area contributed by atoms with Crippen LogP contribution in [0, 0.1) is 11.3 Å². The number of amides is 1. The van der Waals surface area contributed by atoms with E-state index in [-0.39, 0.29) is 5.92 Å². The summed E-state index contributed by atoms with van der Waals surface area (Å²) in [5.41, 5.74) is 1.59. The molecule has 134 valence electrons. The van der Waals surface area contributed by atoms with Gasteiger partial charge in [0.1, 0.15) is 0 Å². The smallest absolute Gasteiger partial charge is 0.230 e. The molecule has 3 nitrogen and oxygen atoms in total. The Kier molecular flexibility index (Phi) is 3.89. The van der Waals surface area contributed by atoms with Gasteiger partial charge in [0.05, 0.1) is 5.92 Å². The average Bonchev–Trinajstić information content (AvgIpc) is 3.54. The van der Waals surface area contributed by atoms with Gasteiger partial charge in [-0.15, -0.1) is 0 Å². The monoisotopic (exact) mass is 338 g/mol. The fourth-order valence-corrected chi connectivity index (χ4v) is 5.10. The van der Waals surface area contributed by atoms with Gasteiger partial charge in [0.25, 0.3) is 0 Å². The topological polar surface area (TPSA) is 23.6 Å². The molecule has 1 aromatic rings. The van der Waals surface area contributed by atoms with Crippen LogP contribution in [0.5, 0.6) is 0 Å². The summed E-state index contributed by atoms with van der Waals surface area (Å²) in [7, 11) is 0. The van der Waals surface area contributed by atoms with Gasteiger partial charge in [-0.2, -0.15) is 0 Å². The molecule has 1 spiro atoms. The number of benzene rings is 1. The van der Waals surface area contributed by atoms with Crippen molar-refractivity contribution in [3.8, 4) is 0 Å². The molecule has 2 saturated carbocycles. The zero-order valence-corrected chi connectivity index (χ0v) is 15.2. The Morgan fingerprint density at radius 1 is 1.00 bits per heavy atom. The van der Waals surface area contributed by atoms with Gasteiger partial charge in [-0.1, -0.05) is 30.3 Å². The number of piperidine rings is 2. The van der Waals surface area contributed by atoms with E-state index in [4.69, 9.17) is 0 Å².